The minimum Gasteiger partial charge on any atom is -0.454 e. The predicted octanol–water partition coefficient (Wildman–Crippen LogP) is 2.26. The van der Waals surface area contributed by atoms with Crippen LogP contribution in [0.15, 0.2) is 42.5 Å². The molecule has 1 fully saturated rings. The molecule has 9 heteroatoms. The van der Waals surface area contributed by atoms with Gasteiger partial charge in [0.25, 0.3) is 5.91 Å². The van der Waals surface area contributed by atoms with Crippen molar-refractivity contribution in [1.29, 1.82) is 0 Å². The molecule has 2 aliphatic rings. The highest BCUT2D eigenvalue weighted by atomic mass is 32.2. The Labute approximate surface area is 175 Å². The third kappa shape index (κ3) is 4.52. The first-order chi connectivity index (χ1) is 14.3. The molecule has 4 rings (SSSR count). The Morgan fingerprint density at radius 2 is 1.83 bits per heavy atom. The summed E-state index contributed by atoms with van der Waals surface area (Å²) < 4.78 is 41.8. The van der Waals surface area contributed by atoms with Gasteiger partial charge in [0.1, 0.15) is 0 Å². The average Bonchev–Trinajstić information content (AvgIpc) is 3.19. The van der Waals surface area contributed by atoms with Crippen LogP contribution in [0.2, 0.25) is 0 Å². The Bertz CT molecular complexity index is 1050. The number of amides is 1. The van der Waals surface area contributed by atoms with E-state index in [1.54, 1.807) is 18.2 Å². The van der Waals surface area contributed by atoms with Gasteiger partial charge < -0.3 is 19.5 Å². The molecule has 2 aliphatic heterocycles. The molecule has 0 unspecified atom stereocenters. The van der Waals surface area contributed by atoms with Crippen LogP contribution in [-0.4, -0.2) is 47.1 Å². The van der Waals surface area contributed by atoms with Gasteiger partial charge in [-0.15, -0.1) is 0 Å². The summed E-state index contributed by atoms with van der Waals surface area (Å²) in [6, 6.07) is 12.3. The summed E-state index contributed by atoms with van der Waals surface area (Å²) in [5, 5.41) is 3.02. The Hall–Kier alpha value is -2.78. The number of fused-ring (bicyclic) bond motifs is 1. The van der Waals surface area contributed by atoms with Gasteiger partial charge in [0.15, 0.2) is 11.5 Å². The standard InChI is InChI=1S/C21H24N2O6S/c1-30(25,26)23-17-4-2-3-15(11-17)20(24)22-13-21(7-9-27-10-8-21)16-5-6-18-19(12-16)29-14-28-18/h2-6,11-12,23H,7-10,13-14H2,1H3,(H,22,24). The van der Waals surface area contributed by atoms with E-state index < -0.39 is 10.0 Å². The number of ether oxygens (including phenoxy) is 3. The van der Waals surface area contributed by atoms with Gasteiger partial charge in [-0.1, -0.05) is 12.1 Å². The van der Waals surface area contributed by atoms with Crippen LogP contribution in [0.25, 0.3) is 0 Å². The predicted molar refractivity (Wildman–Crippen MR) is 112 cm³/mol. The summed E-state index contributed by atoms with van der Waals surface area (Å²) in [5.74, 6) is 1.17. The lowest BCUT2D eigenvalue weighted by molar-refractivity contribution is 0.0486. The Morgan fingerprint density at radius 3 is 2.60 bits per heavy atom. The third-order valence-corrected chi connectivity index (χ3v) is 6.06. The van der Waals surface area contributed by atoms with Crippen LogP contribution in [0.4, 0.5) is 5.69 Å². The number of sulfonamides is 1. The van der Waals surface area contributed by atoms with E-state index in [1.807, 2.05) is 18.2 Å². The molecule has 2 aromatic carbocycles. The summed E-state index contributed by atoms with van der Waals surface area (Å²) in [6.07, 6.45) is 2.60. The fraction of sp³-hybridized carbons (Fsp3) is 0.381. The van der Waals surface area contributed by atoms with Crippen molar-refractivity contribution in [3.63, 3.8) is 0 Å². The smallest absolute Gasteiger partial charge is 0.251 e. The van der Waals surface area contributed by atoms with E-state index in [9.17, 15) is 13.2 Å². The number of carbonyl (C=O) groups is 1. The van der Waals surface area contributed by atoms with Gasteiger partial charge in [-0.2, -0.15) is 0 Å². The normalized spacial score (nSPS) is 17.4. The van der Waals surface area contributed by atoms with E-state index in [2.05, 4.69) is 10.0 Å². The molecule has 2 heterocycles. The molecular formula is C21H24N2O6S. The van der Waals surface area contributed by atoms with Gasteiger partial charge >= 0.3 is 0 Å². The van der Waals surface area contributed by atoms with Crippen LogP contribution >= 0.6 is 0 Å². The van der Waals surface area contributed by atoms with Crippen molar-refractivity contribution in [3.05, 3.63) is 53.6 Å². The second-order valence-electron chi connectivity index (χ2n) is 7.60. The fourth-order valence-electron chi connectivity index (χ4n) is 3.85. The number of hydrogen-bond donors (Lipinski definition) is 2. The summed E-state index contributed by atoms with van der Waals surface area (Å²) in [6.45, 7) is 1.86. The van der Waals surface area contributed by atoms with Gasteiger partial charge in [0, 0.05) is 36.4 Å². The molecule has 1 saturated heterocycles. The van der Waals surface area contributed by atoms with E-state index in [-0.39, 0.29) is 18.1 Å². The Kier molecular flexibility index (Phi) is 5.57. The molecule has 2 N–H and O–H groups in total. The number of hydrogen-bond acceptors (Lipinski definition) is 6. The molecule has 0 atom stereocenters. The van der Waals surface area contributed by atoms with Crippen molar-refractivity contribution in [2.75, 3.05) is 37.5 Å². The molecule has 30 heavy (non-hydrogen) atoms. The van der Waals surface area contributed by atoms with E-state index in [1.165, 1.54) is 6.07 Å². The third-order valence-electron chi connectivity index (χ3n) is 5.45. The summed E-state index contributed by atoms with van der Waals surface area (Å²) in [7, 11) is -3.42. The maximum absolute atomic E-state index is 12.8. The topological polar surface area (TPSA) is 103 Å². The molecule has 0 aromatic heterocycles. The van der Waals surface area contributed by atoms with E-state index in [0.29, 0.717) is 36.8 Å². The van der Waals surface area contributed by atoms with Gasteiger partial charge in [0.2, 0.25) is 16.8 Å². The first-order valence-electron chi connectivity index (χ1n) is 9.69. The number of rotatable bonds is 6. The molecule has 0 saturated carbocycles. The van der Waals surface area contributed by atoms with Crippen LogP contribution in [0.3, 0.4) is 0 Å². The van der Waals surface area contributed by atoms with E-state index >= 15 is 0 Å². The lowest BCUT2D eigenvalue weighted by Crippen LogP contribution is -2.44. The Balaban J connectivity index is 1.52. The quantitative estimate of drug-likeness (QED) is 0.726. The average molecular weight is 432 g/mol. The molecule has 2 aromatic rings. The van der Waals surface area contributed by atoms with E-state index in [0.717, 1.165) is 30.4 Å². The maximum Gasteiger partial charge on any atom is 0.251 e. The zero-order valence-electron chi connectivity index (χ0n) is 16.6. The van der Waals surface area contributed by atoms with Crippen molar-refractivity contribution in [1.82, 2.24) is 5.32 Å². The highest BCUT2D eigenvalue weighted by molar-refractivity contribution is 7.92. The SMILES string of the molecule is CS(=O)(=O)Nc1cccc(C(=O)NCC2(c3ccc4c(c3)OCO4)CCOCC2)c1. The molecule has 8 nitrogen and oxygen atoms in total. The lowest BCUT2D eigenvalue weighted by atomic mass is 9.74. The summed E-state index contributed by atoms with van der Waals surface area (Å²) in [4.78, 5) is 12.8. The first kappa shape index (κ1) is 20.5. The van der Waals surface area contributed by atoms with Gasteiger partial charge in [-0.25, -0.2) is 8.42 Å². The summed E-state index contributed by atoms with van der Waals surface area (Å²) >= 11 is 0. The first-order valence-corrected chi connectivity index (χ1v) is 11.6. The van der Waals surface area contributed by atoms with Crippen LogP contribution in [-0.2, 0) is 20.2 Å². The molecule has 0 aliphatic carbocycles. The highest BCUT2D eigenvalue weighted by Crippen LogP contribution is 2.40. The zero-order valence-corrected chi connectivity index (χ0v) is 17.5. The molecule has 0 spiro atoms. The van der Waals surface area contributed by atoms with Crippen molar-refractivity contribution < 1.29 is 27.4 Å². The van der Waals surface area contributed by atoms with Crippen molar-refractivity contribution in [3.8, 4) is 11.5 Å². The molecule has 1 amide bonds. The van der Waals surface area contributed by atoms with Crippen LogP contribution < -0.4 is 19.5 Å². The second-order valence-corrected chi connectivity index (χ2v) is 9.35. The molecule has 0 radical (unpaired) electrons. The van der Waals surface area contributed by atoms with Crippen LogP contribution in [0, 0.1) is 0 Å². The molecule has 0 bridgehead atoms. The van der Waals surface area contributed by atoms with Crippen LogP contribution in [0.5, 0.6) is 11.5 Å². The van der Waals surface area contributed by atoms with Crippen molar-refractivity contribution in [2.24, 2.45) is 0 Å². The number of anilines is 1. The minimum absolute atomic E-state index is 0.212. The fourth-order valence-corrected chi connectivity index (χ4v) is 4.40. The highest BCUT2D eigenvalue weighted by Gasteiger charge is 2.36. The van der Waals surface area contributed by atoms with Gasteiger partial charge in [0.05, 0.1) is 6.26 Å². The Morgan fingerprint density at radius 1 is 1.07 bits per heavy atom. The van der Waals surface area contributed by atoms with Gasteiger partial charge in [-0.3, -0.25) is 9.52 Å². The number of carbonyl (C=O) groups excluding carboxylic acids is 1. The molecule has 160 valence electrons. The zero-order chi connectivity index (χ0) is 21.2. The largest absolute Gasteiger partial charge is 0.454 e. The minimum atomic E-state index is -3.42. The number of benzene rings is 2. The molecular weight excluding hydrogens is 408 g/mol. The lowest BCUT2D eigenvalue weighted by Gasteiger charge is -2.38. The van der Waals surface area contributed by atoms with Crippen molar-refractivity contribution in [2.45, 2.75) is 18.3 Å². The van der Waals surface area contributed by atoms with E-state index in [4.69, 9.17) is 14.2 Å². The summed E-state index contributed by atoms with van der Waals surface area (Å²) in [5.41, 5.74) is 1.53. The monoisotopic (exact) mass is 432 g/mol. The van der Waals surface area contributed by atoms with Gasteiger partial charge in [-0.05, 0) is 48.7 Å². The van der Waals surface area contributed by atoms with Crippen LogP contribution in [0.1, 0.15) is 28.8 Å². The van der Waals surface area contributed by atoms with Crippen molar-refractivity contribution >= 4 is 21.6 Å². The number of nitrogens with one attached hydrogen (secondary N) is 2. The second kappa shape index (κ2) is 8.16. The maximum atomic E-state index is 12.8.